The zero-order valence-electron chi connectivity index (χ0n) is 15.3. The van der Waals surface area contributed by atoms with Crippen LogP contribution >= 0.6 is 0 Å². The van der Waals surface area contributed by atoms with Crippen molar-refractivity contribution in [3.63, 3.8) is 0 Å². The first-order valence-corrected chi connectivity index (χ1v) is 9.30. The second-order valence-corrected chi connectivity index (χ2v) is 6.95. The Kier molecular flexibility index (Phi) is 6.82. The molecular formula is C19H28FN3O3. The van der Waals surface area contributed by atoms with Gasteiger partial charge >= 0.3 is 6.09 Å². The number of nitrogens with zero attached hydrogens (tertiary/aromatic N) is 2. The fourth-order valence-electron chi connectivity index (χ4n) is 3.57. The molecule has 7 heteroatoms. The highest BCUT2D eigenvalue weighted by Crippen LogP contribution is 2.24. The van der Waals surface area contributed by atoms with Gasteiger partial charge in [-0.1, -0.05) is 12.1 Å². The first-order chi connectivity index (χ1) is 12.7. The van der Waals surface area contributed by atoms with E-state index in [1.807, 2.05) is 0 Å². The maximum absolute atomic E-state index is 13.2. The lowest BCUT2D eigenvalue weighted by atomic mass is 9.95. The Morgan fingerprint density at radius 3 is 2.65 bits per heavy atom. The third-order valence-corrected chi connectivity index (χ3v) is 5.25. The number of carbonyl (C=O) groups excluding carboxylic acids is 1. The molecule has 0 bridgehead atoms. The number of hydrogen-bond donors (Lipinski definition) is 1. The number of alkyl carbamates (subject to hydrolysis) is 1. The Labute approximate surface area is 154 Å². The van der Waals surface area contributed by atoms with Crippen LogP contribution in [0.1, 0.15) is 17.9 Å². The number of rotatable bonds is 7. The minimum absolute atomic E-state index is 0.0651. The molecular weight excluding hydrogens is 337 g/mol. The number of nitrogens with one attached hydrogen (secondary N) is 1. The molecule has 0 saturated carbocycles. The number of likely N-dealkylation sites (tertiary alicyclic amines) is 1. The summed E-state index contributed by atoms with van der Waals surface area (Å²) >= 11 is 0. The van der Waals surface area contributed by atoms with Gasteiger partial charge in [0.2, 0.25) is 0 Å². The highest BCUT2D eigenvalue weighted by Gasteiger charge is 2.32. The van der Waals surface area contributed by atoms with Crippen LogP contribution in [0.3, 0.4) is 0 Å². The Balaban J connectivity index is 1.48. The number of amides is 1. The van der Waals surface area contributed by atoms with E-state index in [2.05, 4.69) is 15.1 Å². The standard InChI is InChI=1S/C19H28FN3O3/c1-21-19(24)26-14-16(15-2-4-17(20)5-3-15)6-7-22-12-18(13-22)23-8-10-25-11-9-23/h2-5,16,18H,6-14H2,1H3,(H,21,24)/t16-/m1/s1. The first kappa shape index (κ1) is 19.1. The molecule has 0 unspecified atom stereocenters. The average molecular weight is 365 g/mol. The molecule has 0 aliphatic carbocycles. The van der Waals surface area contributed by atoms with Crippen molar-refractivity contribution in [3.05, 3.63) is 35.6 Å². The van der Waals surface area contributed by atoms with Gasteiger partial charge in [0.25, 0.3) is 0 Å². The number of benzene rings is 1. The number of halogens is 1. The highest BCUT2D eigenvalue weighted by atomic mass is 19.1. The van der Waals surface area contributed by atoms with Gasteiger partial charge in [-0.25, -0.2) is 9.18 Å². The zero-order valence-corrected chi connectivity index (χ0v) is 15.3. The molecule has 26 heavy (non-hydrogen) atoms. The van der Waals surface area contributed by atoms with Gasteiger partial charge in [0.1, 0.15) is 12.4 Å². The van der Waals surface area contributed by atoms with E-state index in [0.29, 0.717) is 12.6 Å². The summed E-state index contributed by atoms with van der Waals surface area (Å²) < 4.78 is 23.9. The lowest BCUT2D eigenvalue weighted by Gasteiger charge is -2.47. The molecule has 1 N–H and O–H groups in total. The molecule has 2 heterocycles. The van der Waals surface area contributed by atoms with Crippen molar-refractivity contribution in [2.24, 2.45) is 0 Å². The van der Waals surface area contributed by atoms with E-state index in [0.717, 1.165) is 57.9 Å². The average Bonchev–Trinajstić information content (AvgIpc) is 2.64. The summed E-state index contributed by atoms with van der Waals surface area (Å²) in [6, 6.07) is 7.10. The predicted octanol–water partition coefficient (Wildman–Crippen LogP) is 1.67. The van der Waals surface area contributed by atoms with E-state index in [1.165, 1.54) is 12.1 Å². The lowest BCUT2D eigenvalue weighted by Crippen LogP contribution is -2.61. The molecule has 0 spiro atoms. The minimum atomic E-state index is -0.437. The van der Waals surface area contributed by atoms with E-state index in [-0.39, 0.29) is 11.7 Å². The number of morpholine rings is 1. The van der Waals surface area contributed by atoms with Gasteiger partial charge in [0.15, 0.2) is 0 Å². The molecule has 144 valence electrons. The first-order valence-electron chi connectivity index (χ1n) is 9.30. The Bertz CT molecular complexity index is 572. The molecule has 6 nitrogen and oxygen atoms in total. The van der Waals surface area contributed by atoms with Crippen molar-refractivity contribution in [2.45, 2.75) is 18.4 Å². The molecule has 2 aliphatic rings. The van der Waals surface area contributed by atoms with E-state index in [1.54, 1.807) is 19.2 Å². The fraction of sp³-hybridized carbons (Fsp3) is 0.632. The van der Waals surface area contributed by atoms with Gasteiger partial charge in [-0.05, 0) is 30.7 Å². The van der Waals surface area contributed by atoms with Crippen LogP contribution < -0.4 is 5.32 Å². The Morgan fingerprint density at radius 2 is 2.00 bits per heavy atom. The summed E-state index contributed by atoms with van der Waals surface area (Å²) in [5, 5.41) is 2.46. The molecule has 2 saturated heterocycles. The summed E-state index contributed by atoms with van der Waals surface area (Å²) in [5.74, 6) is -0.189. The minimum Gasteiger partial charge on any atom is -0.449 e. The van der Waals surface area contributed by atoms with Crippen LogP contribution in [-0.2, 0) is 9.47 Å². The molecule has 0 radical (unpaired) electrons. The summed E-state index contributed by atoms with van der Waals surface area (Å²) in [7, 11) is 1.54. The van der Waals surface area contributed by atoms with Crippen molar-refractivity contribution < 1.29 is 18.7 Å². The van der Waals surface area contributed by atoms with Crippen LogP contribution in [-0.4, -0.2) is 81.5 Å². The van der Waals surface area contributed by atoms with Crippen LogP contribution in [0.2, 0.25) is 0 Å². The van der Waals surface area contributed by atoms with Crippen LogP contribution in [0.4, 0.5) is 9.18 Å². The maximum atomic E-state index is 13.2. The predicted molar refractivity (Wildman–Crippen MR) is 96.8 cm³/mol. The molecule has 3 rings (SSSR count). The summed E-state index contributed by atoms with van der Waals surface area (Å²) in [6.07, 6.45) is 0.437. The number of carbonyl (C=O) groups is 1. The van der Waals surface area contributed by atoms with Gasteiger partial charge in [0.05, 0.1) is 13.2 Å². The number of ether oxygens (including phenoxy) is 2. The van der Waals surface area contributed by atoms with Crippen molar-refractivity contribution in [1.29, 1.82) is 0 Å². The Morgan fingerprint density at radius 1 is 1.31 bits per heavy atom. The second kappa shape index (κ2) is 9.30. The van der Waals surface area contributed by atoms with E-state index < -0.39 is 6.09 Å². The smallest absolute Gasteiger partial charge is 0.406 e. The number of hydrogen-bond acceptors (Lipinski definition) is 5. The third-order valence-electron chi connectivity index (χ3n) is 5.25. The van der Waals surface area contributed by atoms with Crippen molar-refractivity contribution >= 4 is 6.09 Å². The van der Waals surface area contributed by atoms with E-state index in [4.69, 9.17) is 9.47 Å². The van der Waals surface area contributed by atoms with Crippen LogP contribution in [0.15, 0.2) is 24.3 Å². The monoisotopic (exact) mass is 365 g/mol. The highest BCUT2D eigenvalue weighted by molar-refractivity contribution is 5.66. The fourth-order valence-corrected chi connectivity index (χ4v) is 3.57. The molecule has 1 amide bonds. The molecule has 2 aliphatic heterocycles. The molecule has 1 atom stereocenters. The third kappa shape index (κ3) is 5.16. The van der Waals surface area contributed by atoms with Crippen molar-refractivity contribution in [3.8, 4) is 0 Å². The largest absolute Gasteiger partial charge is 0.449 e. The van der Waals surface area contributed by atoms with Gasteiger partial charge in [-0.2, -0.15) is 0 Å². The quantitative estimate of drug-likeness (QED) is 0.797. The summed E-state index contributed by atoms with van der Waals surface area (Å²) in [4.78, 5) is 16.3. The lowest BCUT2D eigenvalue weighted by molar-refractivity contribution is -0.0328. The van der Waals surface area contributed by atoms with E-state index in [9.17, 15) is 9.18 Å². The summed E-state index contributed by atoms with van der Waals surface area (Å²) in [5.41, 5.74) is 1.00. The van der Waals surface area contributed by atoms with Gasteiger partial charge in [-0.3, -0.25) is 4.90 Å². The molecule has 2 fully saturated rings. The van der Waals surface area contributed by atoms with Crippen molar-refractivity contribution in [1.82, 2.24) is 15.1 Å². The molecule has 1 aromatic rings. The van der Waals surface area contributed by atoms with Crippen LogP contribution in [0, 0.1) is 5.82 Å². The van der Waals surface area contributed by atoms with Gasteiger partial charge < -0.3 is 19.7 Å². The van der Waals surface area contributed by atoms with Gasteiger partial charge in [-0.15, -0.1) is 0 Å². The SMILES string of the molecule is CNC(=O)OC[C@@H](CCN1CC(N2CCOCC2)C1)c1ccc(F)cc1. The molecule has 1 aromatic carbocycles. The van der Waals surface area contributed by atoms with E-state index >= 15 is 0 Å². The maximum Gasteiger partial charge on any atom is 0.406 e. The molecule has 0 aromatic heterocycles. The summed E-state index contributed by atoms with van der Waals surface area (Å²) in [6.45, 7) is 7.11. The Hall–Kier alpha value is -1.70. The van der Waals surface area contributed by atoms with Crippen LogP contribution in [0.25, 0.3) is 0 Å². The van der Waals surface area contributed by atoms with Gasteiger partial charge in [0, 0.05) is 45.2 Å². The topological polar surface area (TPSA) is 54.0 Å². The van der Waals surface area contributed by atoms with Crippen molar-refractivity contribution in [2.75, 3.05) is 59.6 Å². The zero-order chi connectivity index (χ0) is 18.4. The normalized spacial score (nSPS) is 20.4. The second-order valence-electron chi connectivity index (χ2n) is 6.95. The van der Waals surface area contributed by atoms with Crippen LogP contribution in [0.5, 0.6) is 0 Å².